The molecule has 35 heavy (non-hydrogen) atoms. The quantitative estimate of drug-likeness (QED) is 0.128. The normalized spacial score (nSPS) is 27.0. The lowest BCUT2D eigenvalue weighted by atomic mass is 10.0. The van der Waals surface area contributed by atoms with Gasteiger partial charge in [0.1, 0.15) is 12.6 Å². The van der Waals surface area contributed by atoms with E-state index in [2.05, 4.69) is 23.4 Å². The summed E-state index contributed by atoms with van der Waals surface area (Å²) in [5, 5.41) is 2.60. The highest BCUT2D eigenvalue weighted by Crippen LogP contribution is 2.45. The first-order chi connectivity index (χ1) is 16.9. The number of carbonyl (C=O) groups excluding carboxylic acids is 1. The number of nitroso groups, excluding NO2 is 1. The van der Waals surface area contributed by atoms with Crippen molar-refractivity contribution in [2.45, 2.75) is 122 Å². The number of esters is 1. The topological polar surface area (TPSA) is 111 Å². The van der Waals surface area contributed by atoms with Crippen LogP contribution in [0, 0.1) is 4.91 Å². The summed E-state index contributed by atoms with van der Waals surface area (Å²) in [6, 6.07) is 0. The summed E-state index contributed by atoms with van der Waals surface area (Å²) in [7, 11) is -4.40. The molecule has 1 unspecified atom stereocenters. The van der Waals surface area contributed by atoms with Crippen LogP contribution in [0.4, 0.5) is 0 Å². The van der Waals surface area contributed by atoms with Crippen LogP contribution in [-0.2, 0) is 23.1 Å². The van der Waals surface area contributed by atoms with Crippen LogP contribution >= 0.6 is 7.82 Å². The standard InChI is InChI=1S/C26H46NO7P/c1-24-19-17-15-13-11-9-7-5-3-2-4-6-8-10-12-14-16-18-20-25(23-26(28)33-24)34-35(30,31)32-22-21-27-29/h7,9,15,17,24-25H,2-6,8,10-14,16,18-23H2,1H3,(H,30,31)/b9-7+,17-15+/t24-,25-/m0/s1. The molecule has 0 aliphatic carbocycles. The number of nitrogens with zero attached hydrogens (tertiary/aromatic N) is 1. The number of allylic oxidation sites excluding steroid dienone is 3. The monoisotopic (exact) mass is 515 g/mol. The summed E-state index contributed by atoms with van der Waals surface area (Å²) in [6.45, 7) is 1.27. The van der Waals surface area contributed by atoms with Crippen LogP contribution in [-0.4, -0.2) is 36.2 Å². The number of carbonyl (C=O) groups is 1. The van der Waals surface area contributed by atoms with E-state index < -0.39 is 19.9 Å². The smallest absolute Gasteiger partial charge is 0.462 e. The van der Waals surface area contributed by atoms with Crippen LogP contribution in [0.15, 0.2) is 29.5 Å². The molecule has 1 rings (SSSR count). The van der Waals surface area contributed by atoms with Crippen molar-refractivity contribution in [3.8, 4) is 0 Å². The molecule has 0 fully saturated rings. The molecule has 8 nitrogen and oxygen atoms in total. The maximum absolute atomic E-state index is 12.5. The molecule has 0 saturated carbocycles. The maximum atomic E-state index is 12.5. The van der Waals surface area contributed by atoms with Crippen molar-refractivity contribution in [1.29, 1.82) is 0 Å². The molecular weight excluding hydrogens is 469 g/mol. The first-order valence-electron chi connectivity index (χ1n) is 13.4. The lowest BCUT2D eigenvalue weighted by molar-refractivity contribution is -0.150. The van der Waals surface area contributed by atoms with Crippen LogP contribution in [0.3, 0.4) is 0 Å². The number of cyclic esters (lactones) is 1. The molecule has 0 aromatic heterocycles. The molecule has 0 spiro atoms. The predicted molar refractivity (Wildman–Crippen MR) is 139 cm³/mol. The van der Waals surface area contributed by atoms with E-state index >= 15 is 0 Å². The Kier molecular flexibility index (Phi) is 18.8. The van der Waals surface area contributed by atoms with Crippen molar-refractivity contribution in [3.63, 3.8) is 0 Å². The summed E-state index contributed by atoms with van der Waals surface area (Å²) >= 11 is 0. The molecule has 0 radical (unpaired) electrons. The van der Waals surface area contributed by atoms with Gasteiger partial charge in [-0.1, -0.05) is 87.3 Å². The van der Waals surface area contributed by atoms with Gasteiger partial charge in [-0.15, -0.1) is 0 Å². The zero-order chi connectivity index (χ0) is 25.6. The molecule has 0 aromatic carbocycles. The average molecular weight is 516 g/mol. The fraction of sp³-hybridized carbons (Fsp3) is 0.808. The van der Waals surface area contributed by atoms with Gasteiger partial charge in [-0.2, -0.15) is 4.91 Å². The predicted octanol–water partition coefficient (Wildman–Crippen LogP) is 7.55. The zero-order valence-corrected chi connectivity index (χ0v) is 22.4. The molecule has 0 aromatic rings. The Morgan fingerprint density at radius 1 is 0.943 bits per heavy atom. The Morgan fingerprint density at radius 3 is 2.17 bits per heavy atom. The van der Waals surface area contributed by atoms with E-state index in [1.54, 1.807) is 0 Å². The largest absolute Gasteiger partial charge is 0.472 e. The average Bonchev–Trinajstić information content (AvgIpc) is 2.79. The Morgan fingerprint density at radius 2 is 1.51 bits per heavy atom. The third-order valence-corrected chi connectivity index (χ3v) is 6.97. The third kappa shape index (κ3) is 19.5. The Hall–Kier alpha value is -1.34. The van der Waals surface area contributed by atoms with Crippen LogP contribution in [0.2, 0.25) is 0 Å². The molecule has 1 N–H and O–H groups in total. The first-order valence-corrected chi connectivity index (χ1v) is 14.9. The minimum Gasteiger partial charge on any atom is -0.462 e. The highest BCUT2D eigenvalue weighted by atomic mass is 31.2. The Bertz CT molecular complexity index is 668. The molecule has 1 aliphatic rings. The van der Waals surface area contributed by atoms with Gasteiger partial charge in [0.15, 0.2) is 0 Å². The van der Waals surface area contributed by atoms with Gasteiger partial charge in [0.05, 0.1) is 19.1 Å². The highest BCUT2D eigenvalue weighted by molar-refractivity contribution is 7.47. The van der Waals surface area contributed by atoms with Crippen LogP contribution in [0.5, 0.6) is 0 Å². The second-order valence-corrected chi connectivity index (χ2v) is 10.7. The number of rotatable bonds is 6. The van der Waals surface area contributed by atoms with Gasteiger partial charge in [0.2, 0.25) is 0 Å². The summed E-state index contributed by atoms with van der Waals surface area (Å²) < 4.78 is 27.8. The molecular formula is C26H46NO7P. The van der Waals surface area contributed by atoms with Gasteiger partial charge in [0, 0.05) is 6.42 Å². The zero-order valence-electron chi connectivity index (χ0n) is 21.5. The number of hydrogen-bond acceptors (Lipinski definition) is 7. The van der Waals surface area contributed by atoms with Crippen molar-refractivity contribution < 1.29 is 28.0 Å². The molecule has 1 aliphatic heterocycles. The van der Waals surface area contributed by atoms with Crippen molar-refractivity contribution in [2.75, 3.05) is 13.2 Å². The van der Waals surface area contributed by atoms with Crippen LogP contribution in [0.25, 0.3) is 0 Å². The van der Waals surface area contributed by atoms with Gasteiger partial charge in [-0.25, -0.2) is 4.57 Å². The number of phosphoric ester groups is 1. The molecule has 0 bridgehead atoms. The Labute approximate surface area is 211 Å². The van der Waals surface area contributed by atoms with Gasteiger partial charge in [0.25, 0.3) is 0 Å². The SMILES string of the molecule is C[C@H]1C/C=C/CC/C=C/CCCCCCCCCCCC[C@H](OP(=O)(O)OCCN=O)CC(=O)O1. The Balaban J connectivity index is 2.63. The maximum Gasteiger partial charge on any atom is 0.472 e. The fourth-order valence-corrected chi connectivity index (χ4v) is 4.92. The lowest BCUT2D eigenvalue weighted by Crippen LogP contribution is -2.22. The second-order valence-electron chi connectivity index (χ2n) is 9.26. The highest BCUT2D eigenvalue weighted by Gasteiger charge is 2.28. The van der Waals surface area contributed by atoms with E-state index in [0.717, 1.165) is 38.5 Å². The fourth-order valence-electron chi connectivity index (χ4n) is 3.99. The van der Waals surface area contributed by atoms with Crippen molar-refractivity contribution >= 4 is 13.8 Å². The van der Waals surface area contributed by atoms with Crippen molar-refractivity contribution in [3.05, 3.63) is 29.2 Å². The summed E-state index contributed by atoms with van der Waals surface area (Å²) in [6.07, 6.45) is 23.3. The molecule has 1 heterocycles. The van der Waals surface area contributed by atoms with E-state index in [1.807, 2.05) is 13.0 Å². The van der Waals surface area contributed by atoms with Gasteiger partial charge < -0.3 is 9.63 Å². The van der Waals surface area contributed by atoms with Gasteiger partial charge in [-0.05, 0) is 39.0 Å². The van der Waals surface area contributed by atoms with Gasteiger partial charge in [-0.3, -0.25) is 13.8 Å². The van der Waals surface area contributed by atoms with Crippen molar-refractivity contribution in [1.82, 2.24) is 0 Å². The summed E-state index contributed by atoms with van der Waals surface area (Å²) in [4.78, 5) is 32.6. The molecule has 0 amide bonds. The van der Waals surface area contributed by atoms with Crippen LogP contribution < -0.4 is 0 Å². The number of hydrogen-bond donors (Lipinski definition) is 1. The van der Waals surface area contributed by atoms with E-state index in [4.69, 9.17) is 13.8 Å². The molecule has 9 heteroatoms. The molecule has 0 saturated heterocycles. The lowest BCUT2D eigenvalue weighted by Gasteiger charge is -2.21. The van der Waals surface area contributed by atoms with E-state index in [0.29, 0.717) is 12.8 Å². The number of ether oxygens (including phenoxy) is 1. The van der Waals surface area contributed by atoms with E-state index in [1.165, 1.54) is 44.9 Å². The van der Waals surface area contributed by atoms with Crippen molar-refractivity contribution in [2.24, 2.45) is 5.18 Å². The van der Waals surface area contributed by atoms with Gasteiger partial charge >= 0.3 is 13.8 Å². The first kappa shape index (κ1) is 31.7. The minimum atomic E-state index is -4.40. The molecule has 202 valence electrons. The minimum absolute atomic E-state index is 0.126. The van der Waals surface area contributed by atoms with Crippen LogP contribution in [0.1, 0.15) is 110 Å². The number of phosphoric acid groups is 1. The summed E-state index contributed by atoms with van der Waals surface area (Å²) in [5.74, 6) is -0.470. The van der Waals surface area contributed by atoms with E-state index in [-0.39, 0.29) is 25.7 Å². The third-order valence-electron chi connectivity index (χ3n) is 5.89. The molecule has 3 atom stereocenters. The van der Waals surface area contributed by atoms with E-state index in [9.17, 15) is 19.2 Å². The summed E-state index contributed by atoms with van der Waals surface area (Å²) in [5.41, 5.74) is 0. The second kappa shape index (κ2) is 20.8.